The summed E-state index contributed by atoms with van der Waals surface area (Å²) in [5.41, 5.74) is 2.16. The van der Waals surface area contributed by atoms with Crippen LogP contribution in [0.3, 0.4) is 0 Å². The van der Waals surface area contributed by atoms with Gasteiger partial charge >= 0.3 is 0 Å². The van der Waals surface area contributed by atoms with Gasteiger partial charge in [-0.15, -0.1) is 0 Å². The molecule has 7 nitrogen and oxygen atoms in total. The third kappa shape index (κ3) is 5.54. The number of likely N-dealkylation sites (tertiary alicyclic amines) is 1. The lowest BCUT2D eigenvalue weighted by atomic mass is 10.00. The summed E-state index contributed by atoms with van der Waals surface area (Å²) in [5, 5.41) is 9.86. The van der Waals surface area contributed by atoms with E-state index in [1.807, 2.05) is 18.2 Å². The van der Waals surface area contributed by atoms with E-state index in [9.17, 15) is 14.3 Å². The van der Waals surface area contributed by atoms with E-state index in [1.54, 1.807) is 37.3 Å². The second kappa shape index (κ2) is 11.3. The Hall–Kier alpha value is -3.78. The number of phenolic OH excluding ortho intramolecular Hbond substituents is 1. The van der Waals surface area contributed by atoms with Gasteiger partial charge in [0.05, 0.1) is 21.3 Å². The summed E-state index contributed by atoms with van der Waals surface area (Å²) in [6.07, 6.45) is 1.52. The number of nitrogens with zero attached hydrogens (tertiary/aromatic N) is 2. The number of benzene rings is 3. The summed E-state index contributed by atoms with van der Waals surface area (Å²) >= 11 is 0. The maximum Gasteiger partial charge on any atom is 0.258 e. The number of carbonyl (C=O) groups excluding carboxylic acids is 1. The van der Waals surface area contributed by atoms with Crippen LogP contribution in [0.1, 0.15) is 28.8 Å². The summed E-state index contributed by atoms with van der Waals surface area (Å²) in [6.45, 7) is 2.29. The van der Waals surface area contributed by atoms with Crippen molar-refractivity contribution >= 4 is 11.6 Å². The van der Waals surface area contributed by atoms with Crippen molar-refractivity contribution in [3.63, 3.8) is 0 Å². The minimum Gasteiger partial charge on any atom is -0.504 e. The van der Waals surface area contributed by atoms with Crippen LogP contribution in [-0.4, -0.2) is 56.4 Å². The third-order valence-corrected chi connectivity index (χ3v) is 6.53. The number of hydrogen-bond donors (Lipinski definition) is 1. The molecule has 4 rings (SSSR count). The molecule has 0 atom stereocenters. The Balaban J connectivity index is 1.55. The number of methoxy groups -OCH3 is 3. The molecule has 36 heavy (non-hydrogen) atoms. The van der Waals surface area contributed by atoms with Crippen LogP contribution in [0.4, 0.5) is 10.1 Å². The van der Waals surface area contributed by atoms with E-state index in [2.05, 4.69) is 4.90 Å². The zero-order valence-corrected chi connectivity index (χ0v) is 20.7. The first-order valence-electron chi connectivity index (χ1n) is 11.8. The Kier molecular flexibility index (Phi) is 7.95. The fourth-order valence-corrected chi connectivity index (χ4v) is 4.61. The highest BCUT2D eigenvalue weighted by Crippen LogP contribution is 2.35. The van der Waals surface area contributed by atoms with E-state index in [1.165, 1.54) is 31.4 Å². The first-order chi connectivity index (χ1) is 17.4. The molecule has 1 heterocycles. The molecule has 0 unspecified atom stereocenters. The van der Waals surface area contributed by atoms with E-state index in [4.69, 9.17) is 14.2 Å². The van der Waals surface area contributed by atoms with Crippen molar-refractivity contribution in [3.05, 3.63) is 77.6 Å². The van der Waals surface area contributed by atoms with Crippen LogP contribution in [0.15, 0.2) is 60.7 Å². The normalized spacial score (nSPS) is 14.3. The van der Waals surface area contributed by atoms with Gasteiger partial charge in [-0.3, -0.25) is 9.69 Å². The molecular weight excluding hydrogens is 463 g/mol. The number of rotatable bonds is 8. The van der Waals surface area contributed by atoms with E-state index in [-0.39, 0.29) is 23.5 Å². The summed E-state index contributed by atoms with van der Waals surface area (Å²) in [6, 6.07) is 16.4. The lowest BCUT2D eigenvalue weighted by Crippen LogP contribution is -2.47. The van der Waals surface area contributed by atoms with Gasteiger partial charge in [0.2, 0.25) is 0 Å². The van der Waals surface area contributed by atoms with Crippen molar-refractivity contribution < 1.29 is 28.5 Å². The van der Waals surface area contributed by atoms with Crippen LogP contribution in [0, 0.1) is 5.82 Å². The Morgan fingerprint density at radius 1 is 0.917 bits per heavy atom. The highest BCUT2D eigenvalue weighted by molar-refractivity contribution is 6.06. The van der Waals surface area contributed by atoms with Gasteiger partial charge in [-0.05, 0) is 66.9 Å². The highest BCUT2D eigenvalue weighted by atomic mass is 19.1. The predicted octanol–water partition coefficient (Wildman–Crippen LogP) is 4.87. The van der Waals surface area contributed by atoms with E-state index >= 15 is 0 Å². The minimum absolute atomic E-state index is 0.0498. The molecule has 190 valence electrons. The van der Waals surface area contributed by atoms with Gasteiger partial charge in [0.25, 0.3) is 5.91 Å². The fraction of sp³-hybridized carbons (Fsp3) is 0.321. The number of hydrogen-bond acceptors (Lipinski definition) is 6. The van der Waals surface area contributed by atoms with E-state index < -0.39 is 0 Å². The number of carbonyl (C=O) groups is 1. The van der Waals surface area contributed by atoms with Crippen molar-refractivity contribution in [2.45, 2.75) is 25.4 Å². The Bertz CT molecular complexity index is 1190. The van der Waals surface area contributed by atoms with Crippen molar-refractivity contribution in [1.82, 2.24) is 4.90 Å². The van der Waals surface area contributed by atoms with E-state index in [0.717, 1.165) is 31.5 Å². The number of ether oxygens (including phenoxy) is 3. The topological polar surface area (TPSA) is 71.5 Å². The average Bonchev–Trinajstić information content (AvgIpc) is 2.91. The predicted molar refractivity (Wildman–Crippen MR) is 136 cm³/mol. The van der Waals surface area contributed by atoms with Gasteiger partial charge < -0.3 is 24.2 Å². The Labute approximate surface area is 210 Å². The zero-order valence-electron chi connectivity index (χ0n) is 20.7. The molecule has 8 heteroatoms. The van der Waals surface area contributed by atoms with Crippen molar-refractivity contribution in [2.24, 2.45) is 0 Å². The van der Waals surface area contributed by atoms with Gasteiger partial charge in [-0.25, -0.2) is 4.39 Å². The van der Waals surface area contributed by atoms with Gasteiger partial charge in [0, 0.05) is 43.0 Å². The quantitative estimate of drug-likeness (QED) is 0.482. The highest BCUT2D eigenvalue weighted by Gasteiger charge is 2.30. The van der Waals surface area contributed by atoms with Gasteiger partial charge in [-0.2, -0.15) is 0 Å². The first kappa shape index (κ1) is 25.3. The summed E-state index contributed by atoms with van der Waals surface area (Å²) in [7, 11) is 4.66. The molecule has 1 amide bonds. The smallest absolute Gasteiger partial charge is 0.258 e. The fourth-order valence-electron chi connectivity index (χ4n) is 4.61. The second-order valence-electron chi connectivity index (χ2n) is 8.73. The van der Waals surface area contributed by atoms with E-state index in [0.29, 0.717) is 35.0 Å². The molecular formula is C28H31FN2O5. The molecule has 0 aromatic heterocycles. The van der Waals surface area contributed by atoms with Crippen molar-refractivity contribution in [1.29, 1.82) is 0 Å². The molecule has 3 aromatic rings. The number of amides is 1. The Morgan fingerprint density at radius 2 is 1.58 bits per heavy atom. The third-order valence-electron chi connectivity index (χ3n) is 6.53. The Morgan fingerprint density at radius 3 is 2.22 bits per heavy atom. The number of phenols is 1. The summed E-state index contributed by atoms with van der Waals surface area (Å²) < 4.78 is 29.6. The summed E-state index contributed by atoms with van der Waals surface area (Å²) in [5.74, 6) is 1.10. The maximum absolute atomic E-state index is 13.7. The zero-order chi connectivity index (χ0) is 25.7. The monoisotopic (exact) mass is 494 g/mol. The maximum atomic E-state index is 13.7. The van der Waals surface area contributed by atoms with Crippen LogP contribution in [0.5, 0.6) is 23.0 Å². The largest absolute Gasteiger partial charge is 0.504 e. The molecule has 1 aliphatic heterocycles. The van der Waals surface area contributed by atoms with Crippen molar-refractivity contribution in [2.75, 3.05) is 39.3 Å². The number of anilines is 1. The molecule has 1 fully saturated rings. The number of piperidine rings is 1. The molecule has 0 spiro atoms. The SMILES string of the molecule is COc1cc(CN2CCC(N(C(=O)c3ccc(F)cc3)c3ccc(OC)c(OC)c3)CC2)ccc1O. The lowest BCUT2D eigenvalue weighted by Gasteiger charge is -2.39. The molecule has 0 bridgehead atoms. The average molecular weight is 495 g/mol. The molecule has 0 radical (unpaired) electrons. The molecule has 0 saturated carbocycles. The first-order valence-corrected chi connectivity index (χ1v) is 11.8. The van der Waals surface area contributed by atoms with Crippen molar-refractivity contribution in [3.8, 4) is 23.0 Å². The van der Waals surface area contributed by atoms with Crippen LogP contribution >= 0.6 is 0 Å². The number of aromatic hydroxyl groups is 1. The molecule has 3 aromatic carbocycles. The van der Waals surface area contributed by atoms with Gasteiger partial charge in [-0.1, -0.05) is 6.07 Å². The van der Waals surface area contributed by atoms with Gasteiger partial charge in [0.1, 0.15) is 5.82 Å². The summed E-state index contributed by atoms with van der Waals surface area (Å²) in [4.78, 5) is 17.8. The van der Waals surface area contributed by atoms with Crippen LogP contribution in [0.2, 0.25) is 0 Å². The van der Waals surface area contributed by atoms with Crippen LogP contribution in [-0.2, 0) is 6.54 Å². The number of halogens is 1. The standard InChI is InChI=1S/C28H31FN2O5/c1-34-25-11-9-23(17-27(25)36-3)31(28(33)20-5-7-21(29)8-6-20)22-12-14-30(15-13-22)18-19-4-10-24(32)26(16-19)35-2/h4-11,16-17,22,32H,12-15,18H2,1-3H3. The molecule has 0 aliphatic carbocycles. The molecule has 1 N–H and O–H groups in total. The van der Waals surface area contributed by atoms with Crippen LogP contribution < -0.4 is 19.1 Å². The molecule has 1 aliphatic rings. The second-order valence-corrected chi connectivity index (χ2v) is 8.73. The molecule has 1 saturated heterocycles. The lowest BCUT2D eigenvalue weighted by molar-refractivity contribution is 0.0958. The van der Waals surface area contributed by atoms with Crippen LogP contribution in [0.25, 0.3) is 0 Å². The van der Waals surface area contributed by atoms with Gasteiger partial charge in [0.15, 0.2) is 23.0 Å². The minimum atomic E-state index is -0.386.